The van der Waals surface area contributed by atoms with Crippen LogP contribution in [0.5, 0.6) is 5.75 Å². The number of benzene rings is 1. The quantitative estimate of drug-likeness (QED) is 0.495. The second kappa shape index (κ2) is 7.04. The predicted molar refractivity (Wildman–Crippen MR) is 65.3 cm³/mol. The van der Waals surface area contributed by atoms with E-state index in [0.717, 1.165) is 25.7 Å². The molecule has 0 aromatic heterocycles. The summed E-state index contributed by atoms with van der Waals surface area (Å²) in [7, 11) is 0. The maximum absolute atomic E-state index is 13.5. The molecule has 2 heteroatoms. The third-order valence-electron chi connectivity index (χ3n) is 2.47. The summed E-state index contributed by atoms with van der Waals surface area (Å²) in [4.78, 5) is 0. The van der Waals surface area contributed by atoms with Crippen LogP contribution < -0.4 is 4.74 Å². The van der Waals surface area contributed by atoms with Crippen molar-refractivity contribution in [2.45, 2.75) is 32.6 Å². The first-order chi connectivity index (χ1) is 7.75. The summed E-state index contributed by atoms with van der Waals surface area (Å²) in [5.41, 5.74) is 0.629. The minimum atomic E-state index is -0.242. The van der Waals surface area contributed by atoms with E-state index < -0.39 is 0 Å². The molecular weight excluding hydrogens is 203 g/mol. The van der Waals surface area contributed by atoms with Crippen LogP contribution in [0.1, 0.15) is 31.2 Å². The Balaban J connectivity index is 2.26. The molecule has 0 spiro atoms. The number of hydrogen-bond acceptors (Lipinski definition) is 1. The summed E-state index contributed by atoms with van der Waals surface area (Å²) in [6.07, 6.45) is 6.14. The highest BCUT2D eigenvalue weighted by Crippen LogP contribution is 2.19. The number of rotatable bonds is 7. The molecule has 0 unspecified atom stereocenters. The molecule has 1 aromatic rings. The van der Waals surface area contributed by atoms with Crippen molar-refractivity contribution in [3.05, 3.63) is 42.2 Å². The molecule has 0 heterocycles. The molecule has 0 N–H and O–H groups in total. The molecular formula is C14H19FO. The lowest BCUT2D eigenvalue weighted by molar-refractivity contribution is 0.290. The lowest BCUT2D eigenvalue weighted by Gasteiger charge is -2.08. The summed E-state index contributed by atoms with van der Waals surface area (Å²) in [5.74, 6) is 0.123. The van der Waals surface area contributed by atoms with Crippen molar-refractivity contribution in [1.82, 2.24) is 0 Å². The zero-order valence-electron chi connectivity index (χ0n) is 9.84. The standard InChI is InChI=1S/C14H19FO/c1-3-4-5-6-7-11-16-13-10-8-9-12(2)14(13)15/h3,8-10H,1,4-7,11H2,2H3. The Bertz CT molecular complexity index is 334. The SMILES string of the molecule is C=CCCCCCOc1cccc(C)c1F. The number of allylic oxidation sites excluding steroid dienone is 1. The van der Waals surface area contributed by atoms with E-state index in [1.807, 2.05) is 12.1 Å². The van der Waals surface area contributed by atoms with Crippen LogP contribution in [0.25, 0.3) is 0 Å². The second-order valence-corrected chi connectivity index (χ2v) is 3.87. The highest BCUT2D eigenvalue weighted by Gasteiger charge is 2.04. The molecule has 0 radical (unpaired) electrons. The zero-order valence-corrected chi connectivity index (χ0v) is 9.84. The van der Waals surface area contributed by atoms with Crippen LogP contribution in [0.3, 0.4) is 0 Å². The van der Waals surface area contributed by atoms with E-state index in [9.17, 15) is 4.39 Å². The maximum atomic E-state index is 13.5. The number of ether oxygens (including phenoxy) is 1. The largest absolute Gasteiger partial charge is 0.491 e. The van der Waals surface area contributed by atoms with Gasteiger partial charge in [-0.15, -0.1) is 6.58 Å². The topological polar surface area (TPSA) is 9.23 Å². The summed E-state index contributed by atoms with van der Waals surface area (Å²) < 4.78 is 18.9. The van der Waals surface area contributed by atoms with E-state index in [1.54, 1.807) is 19.1 Å². The molecule has 88 valence electrons. The Morgan fingerprint density at radius 2 is 2.12 bits per heavy atom. The van der Waals surface area contributed by atoms with Crippen molar-refractivity contribution in [3.8, 4) is 5.75 Å². The second-order valence-electron chi connectivity index (χ2n) is 3.87. The van der Waals surface area contributed by atoms with Gasteiger partial charge < -0.3 is 4.74 Å². The minimum absolute atomic E-state index is 0.242. The Hall–Kier alpha value is -1.31. The summed E-state index contributed by atoms with van der Waals surface area (Å²) in [6, 6.07) is 5.23. The minimum Gasteiger partial charge on any atom is -0.491 e. The summed E-state index contributed by atoms with van der Waals surface area (Å²) in [6.45, 7) is 5.99. The lowest BCUT2D eigenvalue weighted by atomic mass is 10.2. The van der Waals surface area contributed by atoms with Crippen molar-refractivity contribution < 1.29 is 9.13 Å². The van der Waals surface area contributed by atoms with Crippen molar-refractivity contribution in [3.63, 3.8) is 0 Å². The van der Waals surface area contributed by atoms with Gasteiger partial charge >= 0.3 is 0 Å². The molecule has 0 saturated carbocycles. The van der Waals surface area contributed by atoms with Crippen molar-refractivity contribution >= 4 is 0 Å². The van der Waals surface area contributed by atoms with E-state index in [4.69, 9.17) is 4.74 Å². The lowest BCUT2D eigenvalue weighted by Crippen LogP contribution is -2.00. The molecule has 0 fully saturated rings. The van der Waals surface area contributed by atoms with Crippen LogP contribution in [-0.2, 0) is 0 Å². The third-order valence-corrected chi connectivity index (χ3v) is 2.47. The van der Waals surface area contributed by atoms with E-state index in [0.29, 0.717) is 17.9 Å². The Labute approximate surface area is 96.9 Å². The van der Waals surface area contributed by atoms with Crippen LogP contribution in [0.15, 0.2) is 30.9 Å². The fourth-order valence-electron chi connectivity index (χ4n) is 1.48. The highest BCUT2D eigenvalue weighted by molar-refractivity contribution is 5.29. The van der Waals surface area contributed by atoms with Gasteiger partial charge in [0.25, 0.3) is 0 Å². The monoisotopic (exact) mass is 222 g/mol. The molecule has 0 aliphatic rings. The third kappa shape index (κ3) is 4.05. The number of halogens is 1. The van der Waals surface area contributed by atoms with Crippen LogP contribution >= 0.6 is 0 Å². The van der Waals surface area contributed by atoms with Gasteiger partial charge in [-0.1, -0.05) is 18.2 Å². The Kier molecular flexibility index (Phi) is 5.62. The normalized spacial score (nSPS) is 10.1. The first-order valence-electron chi connectivity index (χ1n) is 5.74. The highest BCUT2D eigenvalue weighted by atomic mass is 19.1. The van der Waals surface area contributed by atoms with Gasteiger partial charge in [0, 0.05) is 0 Å². The Morgan fingerprint density at radius 3 is 2.88 bits per heavy atom. The molecule has 1 nitrogen and oxygen atoms in total. The van der Waals surface area contributed by atoms with Crippen LogP contribution in [0, 0.1) is 12.7 Å². The molecule has 0 bridgehead atoms. The van der Waals surface area contributed by atoms with Crippen LogP contribution in [0.2, 0.25) is 0 Å². The van der Waals surface area contributed by atoms with Crippen molar-refractivity contribution in [1.29, 1.82) is 0 Å². The fourth-order valence-corrected chi connectivity index (χ4v) is 1.48. The molecule has 0 amide bonds. The Morgan fingerprint density at radius 1 is 1.31 bits per heavy atom. The number of aryl methyl sites for hydroxylation is 1. The van der Waals surface area contributed by atoms with Gasteiger partial charge in [-0.25, -0.2) is 4.39 Å². The molecule has 1 aromatic carbocycles. The molecule has 0 aliphatic heterocycles. The van der Waals surface area contributed by atoms with Gasteiger partial charge in [-0.2, -0.15) is 0 Å². The van der Waals surface area contributed by atoms with E-state index in [2.05, 4.69) is 6.58 Å². The first-order valence-corrected chi connectivity index (χ1v) is 5.74. The van der Waals surface area contributed by atoms with Gasteiger partial charge in [0.05, 0.1) is 6.61 Å². The molecule has 1 rings (SSSR count). The maximum Gasteiger partial charge on any atom is 0.167 e. The van der Waals surface area contributed by atoms with E-state index >= 15 is 0 Å². The van der Waals surface area contributed by atoms with Gasteiger partial charge in [-0.05, 0) is 44.2 Å². The average Bonchev–Trinajstić information content (AvgIpc) is 2.29. The van der Waals surface area contributed by atoms with Crippen molar-refractivity contribution in [2.24, 2.45) is 0 Å². The smallest absolute Gasteiger partial charge is 0.167 e. The van der Waals surface area contributed by atoms with E-state index in [1.165, 1.54) is 0 Å². The fraction of sp³-hybridized carbons (Fsp3) is 0.429. The first kappa shape index (κ1) is 12.8. The molecule has 0 aliphatic carbocycles. The van der Waals surface area contributed by atoms with E-state index in [-0.39, 0.29) is 5.82 Å². The number of hydrogen-bond donors (Lipinski definition) is 0. The number of unbranched alkanes of at least 4 members (excludes halogenated alkanes) is 3. The predicted octanol–water partition coefficient (Wildman–Crippen LogP) is 4.26. The van der Waals surface area contributed by atoms with Gasteiger partial charge in [-0.3, -0.25) is 0 Å². The molecule has 0 atom stereocenters. The zero-order chi connectivity index (χ0) is 11.8. The molecule has 16 heavy (non-hydrogen) atoms. The summed E-state index contributed by atoms with van der Waals surface area (Å²) in [5, 5.41) is 0. The van der Waals surface area contributed by atoms with Gasteiger partial charge in [0.15, 0.2) is 11.6 Å². The average molecular weight is 222 g/mol. The summed E-state index contributed by atoms with van der Waals surface area (Å²) >= 11 is 0. The van der Waals surface area contributed by atoms with Crippen LogP contribution in [-0.4, -0.2) is 6.61 Å². The van der Waals surface area contributed by atoms with Crippen molar-refractivity contribution in [2.75, 3.05) is 6.61 Å². The van der Waals surface area contributed by atoms with Gasteiger partial charge in [0.2, 0.25) is 0 Å². The molecule has 0 saturated heterocycles. The van der Waals surface area contributed by atoms with Crippen LogP contribution in [0.4, 0.5) is 4.39 Å². The van der Waals surface area contributed by atoms with Gasteiger partial charge in [0.1, 0.15) is 0 Å².